The Balaban J connectivity index is 1.39. The molecule has 1 aliphatic rings. The lowest BCUT2D eigenvalue weighted by Gasteiger charge is -2.27. The van der Waals surface area contributed by atoms with Gasteiger partial charge in [-0.05, 0) is 48.7 Å². The van der Waals surface area contributed by atoms with Crippen LogP contribution in [0.3, 0.4) is 0 Å². The van der Waals surface area contributed by atoms with Gasteiger partial charge in [-0.3, -0.25) is 14.7 Å². The Bertz CT molecular complexity index is 1020. The number of oxazole rings is 1. The summed E-state index contributed by atoms with van der Waals surface area (Å²) in [6, 6.07) is 10.00. The Morgan fingerprint density at radius 2 is 1.94 bits per heavy atom. The summed E-state index contributed by atoms with van der Waals surface area (Å²) in [5.41, 5.74) is 2.36. The fourth-order valence-corrected chi connectivity index (χ4v) is 3.33. The van der Waals surface area contributed by atoms with Gasteiger partial charge in [0.05, 0.1) is 6.54 Å². The van der Waals surface area contributed by atoms with Gasteiger partial charge in [0.15, 0.2) is 17.2 Å². The van der Waals surface area contributed by atoms with Crippen LogP contribution in [0.5, 0.6) is 11.5 Å². The van der Waals surface area contributed by atoms with Crippen LogP contribution in [-0.2, 0) is 19.6 Å². The van der Waals surface area contributed by atoms with E-state index >= 15 is 0 Å². The highest BCUT2D eigenvalue weighted by Crippen LogP contribution is 2.33. The van der Waals surface area contributed by atoms with E-state index in [0.717, 1.165) is 29.0 Å². The van der Waals surface area contributed by atoms with Crippen LogP contribution in [0.25, 0.3) is 0 Å². The van der Waals surface area contributed by atoms with Gasteiger partial charge >= 0.3 is 0 Å². The van der Waals surface area contributed by atoms with Gasteiger partial charge in [-0.1, -0.05) is 13.0 Å². The van der Waals surface area contributed by atoms with E-state index in [1.54, 1.807) is 12.4 Å². The van der Waals surface area contributed by atoms with E-state index in [0.29, 0.717) is 31.6 Å². The molecule has 0 aliphatic carbocycles. The average Bonchev–Trinajstić information content (AvgIpc) is 3.46. The number of hydrogen-bond donors (Lipinski definition) is 1. The summed E-state index contributed by atoms with van der Waals surface area (Å²) in [7, 11) is 0. The van der Waals surface area contributed by atoms with E-state index < -0.39 is 0 Å². The fraction of sp³-hybridized carbons (Fsp3) is 0.348. The molecule has 1 N–H and O–H groups in total. The molecule has 0 saturated carbocycles. The SMILES string of the molecule is CCC(C)N(Cc1ccc2c(c1)OCO2)Cc1nc(C(=O)NCc2ccncc2)co1. The lowest BCUT2D eigenvalue weighted by Crippen LogP contribution is -2.31. The van der Waals surface area contributed by atoms with Gasteiger partial charge in [-0.15, -0.1) is 0 Å². The zero-order valence-corrected chi connectivity index (χ0v) is 17.7. The number of pyridine rings is 1. The number of rotatable bonds is 9. The van der Waals surface area contributed by atoms with Crippen molar-refractivity contribution in [2.75, 3.05) is 6.79 Å². The molecule has 31 heavy (non-hydrogen) atoms. The highest BCUT2D eigenvalue weighted by molar-refractivity contribution is 5.91. The van der Waals surface area contributed by atoms with E-state index in [2.05, 4.69) is 34.0 Å². The normalized spacial score (nSPS) is 13.4. The van der Waals surface area contributed by atoms with Crippen molar-refractivity contribution in [3.63, 3.8) is 0 Å². The number of ether oxygens (including phenoxy) is 2. The van der Waals surface area contributed by atoms with Crippen molar-refractivity contribution in [3.05, 3.63) is 71.7 Å². The zero-order chi connectivity index (χ0) is 21.6. The van der Waals surface area contributed by atoms with Crippen molar-refractivity contribution in [1.29, 1.82) is 0 Å². The highest BCUT2D eigenvalue weighted by Gasteiger charge is 2.20. The van der Waals surface area contributed by atoms with Crippen molar-refractivity contribution in [2.45, 2.75) is 45.9 Å². The first-order chi connectivity index (χ1) is 15.1. The molecule has 3 heterocycles. The van der Waals surface area contributed by atoms with E-state index in [1.165, 1.54) is 6.26 Å². The number of aromatic nitrogens is 2. The van der Waals surface area contributed by atoms with E-state index in [1.807, 2.05) is 30.3 Å². The van der Waals surface area contributed by atoms with Gasteiger partial charge in [0, 0.05) is 31.5 Å². The first-order valence-corrected chi connectivity index (χ1v) is 10.4. The number of benzene rings is 1. The number of nitrogens with zero attached hydrogens (tertiary/aromatic N) is 3. The molecule has 0 spiro atoms. The van der Waals surface area contributed by atoms with Crippen molar-refractivity contribution >= 4 is 5.91 Å². The maximum Gasteiger partial charge on any atom is 0.273 e. The standard InChI is InChI=1S/C23H26N4O4/c1-3-16(2)27(12-18-4-5-20-21(10-18)31-15-30-20)13-22-26-19(14-29-22)23(28)25-11-17-6-8-24-9-7-17/h4-10,14,16H,3,11-13,15H2,1-2H3,(H,25,28). The molecular weight excluding hydrogens is 396 g/mol. The third-order valence-electron chi connectivity index (χ3n) is 5.36. The molecule has 1 atom stereocenters. The smallest absolute Gasteiger partial charge is 0.273 e. The van der Waals surface area contributed by atoms with Gasteiger partial charge in [0.2, 0.25) is 12.7 Å². The van der Waals surface area contributed by atoms with Crippen LogP contribution in [0.15, 0.2) is 53.4 Å². The minimum Gasteiger partial charge on any atom is -0.454 e. The van der Waals surface area contributed by atoms with Crippen molar-refractivity contribution in [3.8, 4) is 11.5 Å². The van der Waals surface area contributed by atoms with Gasteiger partial charge in [-0.2, -0.15) is 0 Å². The topological polar surface area (TPSA) is 89.7 Å². The molecule has 0 fully saturated rings. The molecule has 162 valence electrons. The third-order valence-corrected chi connectivity index (χ3v) is 5.36. The number of nitrogens with one attached hydrogen (secondary N) is 1. The molecule has 1 amide bonds. The molecule has 8 nitrogen and oxygen atoms in total. The molecular formula is C23H26N4O4. The van der Waals surface area contributed by atoms with Crippen LogP contribution in [0, 0.1) is 0 Å². The molecule has 0 bridgehead atoms. The molecule has 1 aromatic carbocycles. The monoisotopic (exact) mass is 422 g/mol. The lowest BCUT2D eigenvalue weighted by molar-refractivity contribution is 0.0945. The Kier molecular flexibility index (Phi) is 6.47. The van der Waals surface area contributed by atoms with Gasteiger partial charge < -0.3 is 19.2 Å². The predicted molar refractivity (Wildman–Crippen MR) is 113 cm³/mol. The molecule has 2 aromatic heterocycles. The summed E-state index contributed by atoms with van der Waals surface area (Å²) >= 11 is 0. The van der Waals surface area contributed by atoms with Gasteiger partial charge in [0.25, 0.3) is 5.91 Å². The second-order valence-corrected chi connectivity index (χ2v) is 7.51. The molecule has 3 aromatic rings. The Labute approximate surface area is 181 Å². The van der Waals surface area contributed by atoms with E-state index in [9.17, 15) is 4.79 Å². The summed E-state index contributed by atoms with van der Waals surface area (Å²) in [5.74, 6) is 1.78. The average molecular weight is 422 g/mol. The van der Waals surface area contributed by atoms with Crippen molar-refractivity contribution < 1.29 is 18.7 Å². The van der Waals surface area contributed by atoms with Gasteiger partial charge in [0.1, 0.15) is 6.26 Å². The third kappa shape index (κ3) is 5.21. The number of carbonyl (C=O) groups is 1. The van der Waals surface area contributed by atoms with Crippen LogP contribution < -0.4 is 14.8 Å². The second-order valence-electron chi connectivity index (χ2n) is 7.51. The number of fused-ring (bicyclic) bond motifs is 1. The molecule has 8 heteroatoms. The Morgan fingerprint density at radius 1 is 1.13 bits per heavy atom. The van der Waals surface area contributed by atoms with Crippen molar-refractivity contribution in [1.82, 2.24) is 20.2 Å². The maximum absolute atomic E-state index is 12.4. The van der Waals surface area contributed by atoms with Crippen LogP contribution in [-0.4, -0.2) is 33.6 Å². The molecule has 1 unspecified atom stereocenters. The zero-order valence-electron chi connectivity index (χ0n) is 17.7. The molecule has 1 aliphatic heterocycles. The second kappa shape index (κ2) is 9.61. The highest BCUT2D eigenvalue weighted by atomic mass is 16.7. The minimum absolute atomic E-state index is 0.260. The van der Waals surface area contributed by atoms with Crippen LogP contribution in [0.4, 0.5) is 0 Å². The number of amides is 1. The summed E-state index contributed by atoms with van der Waals surface area (Å²) in [6.45, 7) is 6.19. The first-order valence-electron chi connectivity index (χ1n) is 10.4. The minimum atomic E-state index is -0.266. The number of carbonyl (C=O) groups excluding carboxylic acids is 1. The summed E-state index contributed by atoms with van der Waals surface area (Å²) in [4.78, 5) is 23.1. The fourth-order valence-electron chi connectivity index (χ4n) is 3.33. The lowest BCUT2D eigenvalue weighted by atomic mass is 10.1. The largest absolute Gasteiger partial charge is 0.454 e. The summed E-state index contributed by atoms with van der Waals surface area (Å²) in [5, 5.41) is 2.85. The maximum atomic E-state index is 12.4. The van der Waals surface area contributed by atoms with Crippen molar-refractivity contribution in [2.24, 2.45) is 0 Å². The number of hydrogen-bond acceptors (Lipinski definition) is 7. The van der Waals surface area contributed by atoms with Crippen LogP contribution in [0.1, 0.15) is 47.8 Å². The molecule has 0 saturated heterocycles. The van der Waals surface area contributed by atoms with Gasteiger partial charge in [-0.25, -0.2) is 4.98 Å². The van der Waals surface area contributed by atoms with Crippen LogP contribution in [0.2, 0.25) is 0 Å². The quantitative estimate of drug-likeness (QED) is 0.564. The summed E-state index contributed by atoms with van der Waals surface area (Å²) in [6.07, 6.45) is 5.77. The predicted octanol–water partition coefficient (Wildman–Crippen LogP) is 3.53. The first kappa shape index (κ1) is 20.9. The molecule has 4 rings (SSSR count). The Hall–Kier alpha value is -3.39. The summed E-state index contributed by atoms with van der Waals surface area (Å²) < 4.78 is 16.5. The van der Waals surface area contributed by atoms with Crippen LogP contribution >= 0.6 is 0 Å². The van der Waals surface area contributed by atoms with E-state index in [-0.39, 0.29) is 18.4 Å². The van der Waals surface area contributed by atoms with E-state index in [4.69, 9.17) is 13.9 Å². The Morgan fingerprint density at radius 3 is 2.74 bits per heavy atom. The molecule has 0 radical (unpaired) electrons.